The maximum atomic E-state index is 11.8. The summed E-state index contributed by atoms with van der Waals surface area (Å²) < 4.78 is 10.2. The number of rotatable bonds is 6. The van der Waals surface area contributed by atoms with Crippen molar-refractivity contribution in [3.8, 4) is 5.75 Å². The molecule has 0 saturated carbocycles. The number of benzene rings is 1. The monoisotopic (exact) mass is 292 g/mol. The fraction of sp³-hybridized carbons (Fsp3) is 0.467. The molecule has 1 saturated heterocycles. The molecule has 1 unspecified atom stereocenters. The predicted octanol–water partition coefficient (Wildman–Crippen LogP) is 1.19. The van der Waals surface area contributed by atoms with E-state index in [1.54, 1.807) is 14.2 Å². The van der Waals surface area contributed by atoms with Crippen LogP contribution in [0.3, 0.4) is 0 Å². The minimum Gasteiger partial charge on any atom is -0.497 e. The lowest BCUT2D eigenvalue weighted by molar-refractivity contribution is -0.120. The number of amides is 2. The second-order valence-corrected chi connectivity index (χ2v) is 5.05. The topological polar surface area (TPSA) is 67.9 Å². The van der Waals surface area contributed by atoms with Gasteiger partial charge in [0.1, 0.15) is 11.9 Å². The van der Waals surface area contributed by atoms with E-state index >= 15 is 0 Å². The molecule has 0 spiro atoms. The SMILES string of the molecule is COc1ccc(CC(=O)NCCC2CN(C)C(=O)O2)cc1. The summed E-state index contributed by atoms with van der Waals surface area (Å²) in [6, 6.07) is 7.39. The van der Waals surface area contributed by atoms with Crippen LogP contribution < -0.4 is 10.1 Å². The Hall–Kier alpha value is -2.24. The van der Waals surface area contributed by atoms with Crippen LogP contribution in [0, 0.1) is 0 Å². The Morgan fingerprint density at radius 2 is 2.14 bits per heavy atom. The number of carbonyl (C=O) groups excluding carboxylic acids is 2. The van der Waals surface area contributed by atoms with E-state index in [9.17, 15) is 9.59 Å². The van der Waals surface area contributed by atoms with Crippen LogP contribution in [-0.4, -0.2) is 50.3 Å². The smallest absolute Gasteiger partial charge is 0.409 e. The van der Waals surface area contributed by atoms with Crippen LogP contribution in [0.25, 0.3) is 0 Å². The standard InChI is InChI=1S/C15H20N2O4/c1-17-10-13(21-15(17)19)7-8-16-14(18)9-11-3-5-12(20-2)6-4-11/h3-6,13H,7-10H2,1-2H3,(H,16,18). The Labute approximate surface area is 124 Å². The number of methoxy groups -OCH3 is 1. The van der Waals surface area contributed by atoms with E-state index in [1.165, 1.54) is 4.90 Å². The van der Waals surface area contributed by atoms with Gasteiger partial charge < -0.3 is 19.7 Å². The molecule has 1 heterocycles. The molecule has 6 heteroatoms. The van der Waals surface area contributed by atoms with E-state index in [-0.39, 0.29) is 18.1 Å². The Balaban J connectivity index is 1.68. The zero-order chi connectivity index (χ0) is 15.2. The summed E-state index contributed by atoms with van der Waals surface area (Å²) in [7, 11) is 3.31. The Morgan fingerprint density at radius 3 is 2.71 bits per heavy atom. The number of cyclic esters (lactones) is 1. The summed E-state index contributed by atoms with van der Waals surface area (Å²) in [5.74, 6) is 0.726. The highest BCUT2D eigenvalue weighted by atomic mass is 16.6. The Bertz CT molecular complexity index is 501. The van der Waals surface area contributed by atoms with Gasteiger partial charge in [-0.2, -0.15) is 0 Å². The highest BCUT2D eigenvalue weighted by Gasteiger charge is 2.27. The first-order valence-corrected chi connectivity index (χ1v) is 6.90. The lowest BCUT2D eigenvalue weighted by Crippen LogP contribution is -2.29. The lowest BCUT2D eigenvalue weighted by atomic mass is 10.1. The number of ether oxygens (including phenoxy) is 2. The third kappa shape index (κ3) is 4.37. The molecular formula is C15H20N2O4. The molecule has 0 bridgehead atoms. The zero-order valence-electron chi connectivity index (χ0n) is 12.3. The van der Waals surface area contributed by atoms with Gasteiger partial charge in [0, 0.05) is 20.0 Å². The minimum absolute atomic E-state index is 0.0437. The van der Waals surface area contributed by atoms with Gasteiger partial charge in [0.05, 0.1) is 20.1 Å². The van der Waals surface area contributed by atoms with E-state index in [0.29, 0.717) is 25.9 Å². The van der Waals surface area contributed by atoms with Crippen LogP contribution in [0.1, 0.15) is 12.0 Å². The number of nitrogens with one attached hydrogen (secondary N) is 1. The van der Waals surface area contributed by atoms with Gasteiger partial charge in [0.25, 0.3) is 0 Å². The maximum absolute atomic E-state index is 11.8. The molecule has 0 aromatic heterocycles. The van der Waals surface area contributed by atoms with E-state index in [2.05, 4.69) is 5.32 Å². The fourth-order valence-electron chi connectivity index (χ4n) is 2.16. The number of likely N-dealkylation sites (N-methyl/N-ethyl adjacent to an activating group) is 1. The van der Waals surface area contributed by atoms with E-state index in [0.717, 1.165) is 11.3 Å². The second-order valence-electron chi connectivity index (χ2n) is 5.05. The first kappa shape index (κ1) is 15.2. The molecule has 1 atom stereocenters. The molecule has 0 radical (unpaired) electrons. The number of carbonyl (C=O) groups is 2. The molecule has 2 amide bonds. The van der Waals surface area contributed by atoms with Crippen molar-refractivity contribution in [1.29, 1.82) is 0 Å². The zero-order valence-corrected chi connectivity index (χ0v) is 12.3. The molecule has 1 fully saturated rings. The summed E-state index contributed by atoms with van der Waals surface area (Å²) in [6.07, 6.45) is 0.520. The highest BCUT2D eigenvalue weighted by Crippen LogP contribution is 2.12. The van der Waals surface area contributed by atoms with Crippen LogP contribution in [0.5, 0.6) is 5.75 Å². The average molecular weight is 292 g/mol. The summed E-state index contributed by atoms with van der Waals surface area (Å²) in [6.45, 7) is 1.08. The number of hydrogen-bond acceptors (Lipinski definition) is 4. The lowest BCUT2D eigenvalue weighted by Gasteiger charge is -2.09. The normalized spacial score (nSPS) is 17.5. The van der Waals surface area contributed by atoms with Gasteiger partial charge in [-0.3, -0.25) is 4.79 Å². The Kier molecular flexibility index (Phi) is 5.03. The van der Waals surface area contributed by atoms with E-state index in [1.807, 2.05) is 24.3 Å². The quantitative estimate of drug-likeness (QED) is 0.855. The van der Waals surface area contributed by atoms with Gasteiger partial charge in [0.15, 0.2) is 0 Å². The van der Waals surface area contributed by atoms with E-state index in [4.69, 9.17) is 9.47 Å². The van der Waals surface area contributed by atoms with Crippen molar-refractivity contribution < 1.29 is 19.1 Å². The molecule has 0 aliphatic carbocycles. The molecule has 114 valence electrons. The molecule has 6 nitrogen and oxygen atoms in total. The van der Waals surface area contributed by atoms with Gasteiger partial charge in [-0.25, -0.2) is 4.79 Å². The van der Waals surface area contributed by atoms with Crippen LogP contribution in [0.4, 0.5) is 4.79 Å². The largest absolute Gasteiger partial charge is 0.497 e. The average Bonchev–Trinajstić information content (AvgIpc) is 2.78. The fourth-order valence-corrected chi connectivity index (χ4v) is 2.16. The third-order valence-corrected chi connectivity index (χ3v) is 3.37. The number of nitrogens with zero attached hydrogens (tertiary/aromatic N) is 1. The maximum Gasteiger partial charge on any atom is 0.409 e. The van der Waals surface area contributed by atoms with Crippen molar-refractivity contribution >= 4 is 12.0 Å². The van der Waals surface area contributed by atoms with Crippen molar-refractivity contribution in [3.63, 3.8) is 0 Å². The van der Waals surface area contributed by atoms with Crippen LogP contribution in [0.2, 0.25) is 0 Å². The molecule has 1 aliphatic rings. The molecule has 21 heavy (non-hydrogen) atoms. The molecule has 1 aromatic rings. The summed E-state index contributed by atoms with van der Waals surface area (Å²) in [4.78, 5) is 24.5. The molecule has 1 N–H and O–H groups in total. The van der Waals surface area contributed by atoms with Gasteiger partial charge in [-0.05, 0) is 17.7 Å². The minimum atomic E-state index is -0.301. The van der Waals surface area contributed by atoms with Crippen molar-refractivity contribution in [2.24, 2.45) is 0 Å². The summed E-state index contributed by atoms with van der Waals surface area (Å²) >= 11 is 0. The van der Waals surface area contributed by atoms with Crippen molar-refractivity contribution in [2.45, 2.75) is 18.9 Å². The molecule has 2 rings (SSSR count). The van der Waals surface area contributed by atoms with E-state index < -0.39 is 0 Å². The summed E-state index contributed by atoms with van der Waals surface area (Å²) in [5, 5.41) is 2.84. The van der Waals surface area contributed by atoms with Crippen LogP contribution in [-0.2, 0) is 16.0 Å². The molecule has 1 aliphatic heterocycles. The van der Waals surface area contributed by atoms with Gasteiger partial charge in [-0.15, -0.1) is 0 Å². The predicted molar refractivity (Wildman–Crippen MR) is 77.2 cm³/mol. The second kappa shape index (κ2) is 6.97. The first-order chi connectivity index (χ1) is 10.1. The van der Waals surface area contributed by atoms with Gasteiger partial charge in [-0.1, -0.05) is 12.1 Å². The van der Waals surface area contributed by atoms with Crippen molar-refractivity contribution in [2.75, 3.05) is 27.2 Å². The first-order valence-electron chi connectivity index (χ1n) is 6.90. The van der Waals surface area contributed by atoms with Crippen molar-refractivity contribution in [3.05, 3.63) is 29.8 Å². The van der Waals surface area contributed by atoms with Crippen molar-refractivity contribution in [1.82, 2.24) is 10.2 Å². The van der Waals surface area contributed by atoms with Crippen LogP contribution >= 0.6 is 0 Å². The Morgan fingerprint density at radius 1 is 1.43 bits per heavy atom. The molecule has 1 aromatic carbocycles. The number of hydrogen-bond donors (Lipinski definition) is 1. The van der Waals surface area contributed by atoms with Gasteiger partial charge >= 0.3 is 6.09 Å². The van der Waals surface area contributed by atoms with Crippen LogP contribution in [0.15, 0.2) is 24.3 Å². The summed E-state index contributed by atoms with van der Waals surface area (Å²) in [5.41, 5.74) is 0.931. The van der Waals surface area contributed by atoms with Gasteiger partial charge in [0.2, 0.25) is 5.91 Å². The highest BCUT2D eigenvalue weighted by molar-refractivity contribution is 5.78. The third-order valence-electron chi connectivity index (χ3n) is 3.37. The molecular weight excluding hydrogens is 272 g/mol.